The van der Waals surface area contributed by atoms with Gasteiger partial charge in [-0.25, -0.2) is 0 Å². The molecule has 3 N–H and O–H groups in total. The van der Waals surface area contributed by atoms with Gasteiger partial charge in [-0.2, -0.15) is 0 Å². The summed E-state index contributed by atoms with van der Waals surface area (Å²) in [5.74, 6) is -0.0726. The van der Waals surface area contributed by atoms with Crippen LogP contribution in [0.25, 0.3) is 0 Å². The molecule has 1 aliphatic heterocycles. The van der Waals surface area contributed by atoms with E-state index < -0.39 is 17.6 Å². The van der Waals surface area contributed by atoms with Crippen molar-refractivity contribution in [3.05, 3.63) is 36.4 Å². The second kappa shape index (κ2) is 16.1. The van der Waals surface area contributed by atoms with Gasteiger partial charge in [0.05, 0.1) is 33.0 Å². The lowest BCUT2D eigenvalue weighted by molar-refractivity contribution is -0.159. The lowest BCUT2D eigenvalue weighted by atomic mass is 10.2. The van der Waals surface area contributed by atoms with Crippen LogP contribution >= 0.6 is 0 Å². The first-order valence-corrected chi connectivity index (χ1v) is 11.9. The second-order valence-corrected chi connectivity index (χ2v) is 8.16. The average molecular weight is 495 g/mol. The fraction of sp³-hybridized carbons (Fsp3) is 0.600. The SMILES string of the molecule is C=C(C)C(=O)NC1(COC(=O)CCCCCN)COCCOCCOCCOc2ccccc2O1. The van der Waals surface area contributed by atoms with Crippen LogP contribution in [-0.4, -0.2) is 77.0 Å². The molecule has 35 heavy (non-hydrogen) atoms. The topological polar surface area (TPSA) is 128 Å². The van der Waals surface area contributed by atoms with Crippen LogP contribution in [-0.2, 0) is 28.5 Å². The van der Waals surface area contributed by atoms with Crippen molar-refractivity contribution in [1.29, 1.82) is 0 Å². The van der Waals surface area contributed by atoms with Crippen molar-refractivity contribution in [2.24, 2.45) is 5.73 Å². The van der Waals surface area contributed by atoms with Crippen molar-refractivity contribution in [1.82, 2.24) is 5.32 Å². The Morgan fingerprint density at radius 1 is 1.00 bits per heavy atom. The molecule has 0 spiro atoms. The maximum atomic E-state index is 12.7. The Balaban J connectivity index is 2.26. The number of amides is 1. The number of benzene rings is 1. The fourth-order valence-corrected chi connectivity index (χ4v) is 3.12. The predicted octanol–water partition coefficient (Wildman–Crippen LogP) is 1.96. The van der Waals surface area contributed by atoms with Gasteiger partial charge in [0.25, 0.3) is 0 Å². The Kier molecular flexibility index (Phi) is 13.1. The third-order valence-electron chi connectivity index (χ3n) is 5.00. The number of ether oxygens (including phenoxy) is 6. The number of hydrogen-bond acceptors (Lipinski definition) is 9. The Bertz CT molecular complexity index is 803. The standard InChI is InChI=1S/C25H38N2O8/c1-20(2)24(29)27-25(19-34-23(28)10-4-3-7-11-26)18-32-15-14-30-12-13-31-16-17-33-21-8-5-6-9-22(21)35-25/h5-6,8-9H,1,3-4,7,10-19,26H2,2H3,(H,27,29). The van der Waals surface area contributed by atoms with E-state index in [2.05, 4.69) is 11.9 Å². The van der Waals surface area contributed by atoms with Gasteiger partial charge in [-0.15, -0.1) is 0 Å². The minimum absolute atomic E-state index is 0.110. The number of esters is 1. The van der Waals surface area contributed by atoms with Crippen LogP contribution in [0.4, 0.5) is 0 Å². The predicted molar refractivity (Wildman–Crippen MR) is 129 cm³/mol. The van der Waals surface area contributed by atoms with Gasteiger partial charge in [0.2, 0.25) is 11.6 Å². The molecule has 10 nitrogen and oxygen atoms in total. The van der Waals surface area contributed by atoms with E-state index in [1.807, 2.05) is 0 Å². The highest BCUT2D eigenvalue weighted by Crippen LogP contribution is 2.30. The molecule has 0 saturated carbocycles. The second-order valence-electron chi connectivity index (χ2n) is 8.16. The van der Waals surface area contributed by atoms with E-state index in [1.54, 1.807) is 31.2 Å². The van der Waals surface area contributed by atoms with Gasteiger partial charge < -0.3 is 39.5 Å². The Morgan fingerprint density at radius 3 is 2.34 bits per heavy atom. The first-order chi connectivity index (χ1) is 17.0. The quantitative estimate of drug-likeness (QED) is 0.301. The van der Waals surface area contributed by atoms with Crippen LogP contribution in [0, 0.1) is 0 Å². The normalized spacial score (nSPS) is 19.6. The van der Waals surface area contributed by atoms with Crippen molar-refractivity contribution in [2.75, 3.05) is 59.4 Å². The van der Waals surface area contributed by atoms with E-state index in [1.165, 1.54) is 0 Å². The number of para-hydroxylation sites is 2. The minimum Gasteiger partial charge on any atom is -0.487 e. The van der Waals surface area contributed by atoms with Crippen LogP contribution in [0.3, 0.4) is 0 Å². The molecule has 1 heterocycles. The average Bonchev–Trinajstić information content (AvgIpc) is 2.85. The molecule has 1 aromatic carbocycles. The highest BCUT2D eigenvalue weighted by atomic mass is 16.6. The van der Waals surface area contributed by atoms with Crippen LogP contribution in [0.15, 0.2) is 36.4 Å². The number of nitrogens with two attached hydrogens (primary N) is 1. The third-order valence-corrected chi connectivity index (χ3v) is 5.00. The molecular formula is C25H38N2O8. The van der Waals surface area contributed by atoms with Gasteiger partial charge >= 0.3 is 5.97 Å². The van der Waals surface area contributed by atoms with E-state index in [9.17, 15) is 9.59 Å². The van der Waals surface area contributed by atoms with Crippen molar-refractivity contribution in [3.63, 3.8) is 0 Å². The number of carbonyl (C=O) groups excluding carboxylic acids is 2. The van der Waals surface area contributed by atoms with Gasteiger partial charge in [0, 0.05) is 12.0 Å². The molecule has 1 atom stereocenters. The molecule has 1 aromatic rings. The molecule has 1 amide bonds. The summed E-state index contributed by atoms with van der Waals surface area (Å²) < 4.78 is 34.4. The lowest BCUT2D eigenvalue weighted by Gasteiger charge is -2.35. The van der Waals surface area contributed by atoms with Crippen molar-refractivity contribution in [2.45, 2.75) is 38.3 Å². The van der Waals surface area contributed by atoms with Gasteiger partial charge in [-0.1, -0.05) is 25.1 Å². The molecule has 10 heteroatoms. The molecule has 0 bridgehead atoms. The number of hydrogen-bond donors (Lipinski definition) is 2. The van der Waals surface area contributed by atoms with E-state index in [4.69, 9.17) is 34.2 Å². The maximum Gasteiger partial charge on any atom is 0.306 e. The zero-order valence-electron chi connectivity index (χ0n) is 20.6. The summed E-state index contributed by atoms with van der Waals surface area (Å²) in [6.45, 7) is 7.52. The molecule has 0 aromatic heterocycles. The summed E-state index contributed by atoms with van der Waals surface area (Å²) in [5.41, 5.74) is 4.25. The highest BCUT2D eigenvalue weighted by molar-refractivity contribution is 5.92. The maximum absolute atomic E-state index is 12.7. The molecule has 196 valence electrons. The number of fused-ring (bicyclic) bond motifs is 1. The number of unbranched alkanes of at least 4 members (excludes halogenated alkanes) is 2. The molecule has 0 saturated heterocycles. The van der Waals surface area contributed by atoms with Gasteiger partial charge in [0.15, 0.2) is 18.1 Å². The van der Waals surface area contributed by atoms with Gasteiger partial charge in [-0.3, -0.25) is 9.59 Å². The molecular weight excluding hydrogens is 456 g/mol. The Hall–Kier alpha value is -2.66. The summed E-state index contributed by atoms with van der Waals surface area (Å²) in [6, 6.07) is 7.02. The van der Waals surface area contributed by atoms with Gasteiger partial charge in [0.1, 0.15) is 13.2 Å². The molecule has 0 fully saturated rings. The summed E-state index contributed by atoms with van der Waals surface area (Å²) in [6.07, 6.45) is 2.57. The molecule has 2 rings (SSSR count). The Labute approximate surface area is 207 Å². The van der Waals surface area contributed by atoms with Crippen LogP contribution in [0.5, 0.6) is 11.5 Å². The molecule has 1 aliphatic rings. The van der Waals surface area contributed by atoms with E-state index in [0.717, 1.165) is 12.8 Å². The van der Waals surface area contributed by atoms with Crippen LogP contribution < -0.4 is 20.5 Å². The van der Waals surface area contributed by atoms with E-state index in [0.29, 0.717) is 57.5 Å². The number of nitrogens with one attached hydrogen (secondary N) is 1. The Morgan fingerprint density at radius 2 is 1.66 bits per heavy atom. The van der Waals surface area contributed by atoms with E-state index in [-0.39, 0.29) is 31.8 Å². The smallest absolute Gasteiger partial charge is 0.306 e. The zero-order valence-corrected chi connectivity index (χ0v) is 20.6. The lowest BCUT2D eigenvalue weighted by Crippen LogP contribution is -2.60. The first-order valence-electron chi connectivity index (χ1n) is 11.9. The van der Waals surface area contributed by atoms with E-state index >= 15 is 0 Å². The summed E-state index contributed by atoms with van der Waals surface area (Å²) in [5, 5.41) is 2.80. The summed E-state index contributed by atoms with van der Waals surface area (Å²) in [7, 11) is 0. The van der Waals surface area contributed by atoms with Crippen molar-refractivity contribution >= 4 is 11.9 Å². The molecule has 0 aliphatic carbocycles. The monoisotopic (exact) mass is 494 g/mol. The van der Waals surface area contributed by atoms with Crippen molar-refractivity contribution in [3.8, 4) is 11.5 Å². The summed E-state index contributed by atoms with van der Waals surface area (Å²) in [4.78, 5) is 25.1. The molecule has 0 radical (unpaired) electrons. The largest absolute Gasteiger partial charge is 0.487 e. The highest BCUT2D eigenvalue weighted by Gasteiger charge is 2.38. The fourth-order valence-electron chi connectivity index (χ4n) is 3.12. The van der Waals surface area contributed by atoms with Crippen LogP contribution in [0.2, 0.25) is 0 Å². The zero-order chi connectivity index (χ0) is 25.4. The van der Waals surface area contributed by atoms with Gasteiger partial charge in [-0.05, 0) is 38.4 Å². The number of rotatable bonds is 9. The summed E-state index contributed by atoms with van der Waals surface area (Å²) >= 11 is 0. The first kappa shape index (κ1) is 28.6. The minimum atomic E-state index is -1.53. The van der Waals surface area contributed by atoms with Crippen LogP contribution in [0.1, 0.15) is 32.6 Å². The van der Waals surface area contributed by atoms with Crippen molar-refractivity contribution < 1.29 is 38.0 Å². The number of carbonyl (C=O) groups is 2. The third kappa shape index (κ3) is 11.1. The molecule has 1 unspecified atom stereocenters.